The minimum atomic E-state index is -0.295. The van der Waals surface area contributed by atoms with Crippen LogP contribution in [-0.2, 0) is 4.79 Å². The van der Waals surface area contributed by atoms with Crippen molar-refractivity contribution in [2.45, 2.75) is 13.8 Å². The van der Waals surface area contributed by atoms with Crippen LogP contribution in [0.15, 0.2) is 30.3 Å². The third-order valence-corrected chi connectivity index (χ3v) is 3.98. The van der Waals surface area contributed by atoms with E-state index >= 15 is 0 Å². The van der Waals surface area contributed by atoms with Crippen molar-refractivity contribution in [1.82, 2.24) is 0 Å². The van der Waals surface area contributed by atoms with Crippen LogP contribution in [0.1, 0.15) is 11.1 Å². The van der Waals surface area contributed by atoms with Gasteiger partial charge in [-0.05, 0) is 25.0 Å². The van der Waals surface area contributed by atoms with Gasteiger partial charge in [0.1, 0.15) is 19.0 Å². The quantitative estimate of drug-likeness (QED) is 0.915. The Kier molecular flexibility index (Phi) is 4.81. The lowest BCUT2D eigenvalue weighted by Crippen LogP contribution is -2.21. The molecule has 1 N–H and O–H groups in total. The minimum absolute atomic E-state index is 0.101. The number of hydrogen-bond donors (Lipinski definition) is 1. The number of amides is 1. The second-order valence-electron chi connectivity index (χ2n) is 5.53. The van der Waals surface area contributed by atoms with Crippen LogP contribution >= 0.6 is 11.6 Å². The fraction of sp³-hybridized carbons (Fsp3) is 0.278. The molecular formula is C18H18ClNO4. The summed E-state index contributed by atoms with van der Waals surface area (Å²) in [5.74, 6) is 1.57. The van der Waals surface area contributed by atoms with Crippen LogP contribution in [0.2, 0.25) is 5.02 Å². The summed E-state index contributed by atoms with van der Waals surface area (Å²) < 4.78 is 16.6. The predicted molar refractivity (Wildman–Crippen MR) is 92.5 cm³/mol. The van der Waals surface area contributed by atoms with Crippen LogP contribution in [0.3, 0.4) is 0 Å². The lowest BCUT2D eigenvalue weighted by Gasteiger charge is -2.20. The third-order valence-electron chi connectivity index (χ3n) is 3.66. The lowest BCUT2D eigenvalue weighted by atomic mass is 10.1. The van der Waals surface area contributed by atoms with Gasteiger partial charge in [0, 0.05) is 12.1 Å². The molecule has 1 aliphatic rings. The number of para-hydroxylation sites is 1. The maximum Gasteiger partial charge on any atom is 0.262 e. The Morgan fingerprint density at radius 2 is 1.79 bits per heavy atom. The topological polar surface area (TPSA) is 56.8 Å². The number of carbonyl (C=O) groups is 1. The number of anilines is 1. The van der Waals surface area contributed by atoms with Gasteiger partial charge in [-0.1, -0.05) is 29.8 Å². The van der Waals surface area contributed by atoms with E-state index in [9.17, 15) is 4.79 Å². The summed E-state index contributed by atoms with van der Waals surface area (Å²) in [6, 6.07) is 9.13. The maximum atomic E-state index is 12.2. The van der Waals surface area contributed by atoms with E-state index in [-0.39, 0.29) is 12.5 Å². The molecule has 2 aromatic rings. The van der Waals surface area contributed by atoms with Crippen molar-refractivity contribution in [2.24, 2.45) is 0 Å². The van der Waals surface area contributed by atoms with Crippen molar-refractivity contribution in [3.8, 4) is 17.2 Å². The number of carbonyl (C=O) groups excluding carboxylic acids is 1. The van der Waals surface area contributed by atoms with Crippen LogP contribution in [0.25, 0.3) is 0 Å². The van der Waals surface area contributed by atoms with E-state index in [2.05, 4.69) is 5.32 Å². The highest BCUT2D eigenvalue weighted by atomic mass is 35.5. The Hall–Kier alpha value is -2.40. The first-order valence-corrected chi connectivity index (χ1v) is 8.00. The van der Waals surface area contributed by atoms with Crippen molar-refractivity contribution in [3.05, 3.63) is 46.5 Å². The van der Waals surface area contributed by atoms with Crippen molar-refractivity contribution >= 4 is 23.2 Å². The van der Waals surface area contributed by atoms with Crippen LogP contribution in [0.4, 0.5) is 5.69 Å². The monoisotopic (exact) mass is 347 g/mol. The number of halogens is 1. The molecule has 0 saturated heterocycles. The highest BCUT2D eigenvalue weighted by Gasteiger charge is 2.16. The molecule has 24 heavy (non-hydrogen) atoms. The number of nitrogens with one attached hydrogen (secondary N) is 1. The van der Waals surface area contributed by atoms with E-state index in [4.69, 9.17) is 25.8 Å². The summed E-state index contributed by atoms with van der Waals surface area (Å²) in [5.41, 5.74) is 2.44. The van der Waals surface area contributed by atoms with E-state index in [1.807, 2.05) is 32.0 Å². The molecule has 0 bridgehead atoms. The number of aryl methyl sites for hydroxylation is 2. The fourth-order valence-electron chi connectivity index (χ4n) is 2.51. The molecule has 1 amide bonds. The van der Waals surface area contributed by atoms with Gasteiger partial charge in [0.05, 0.1) is 10.7 Å². The fourth-order valence-corrected chi connectivity index (χ4v) is 2.71. The summed E-state index contributed by atoms with van der Waals surface area (Å²) in [5, 5.41) is 3.13. The van der Waals surface area contributed by atoms with Crippen molar-refractivity contribution in [1.29, 1.82) is 0 Å². The summed E-state index contributed by atoms with van der Waals surface area (Å²) in [6.45, 7) is 4.74. The van der Waals surface area contributed by atoms with Crippen LogP contribution in [0, 0.1) is 13.8 Å². The van der Waals surface area contributed by atoms with Gasteiger partial charge in [-0.3, -0.25) is 4.79 Å². The molecule has 0 unspecified atom stereocenters. The van der Waals surface area contributed by atoms with E-state index < -0.39 is 0 Å². The molecule has 2 aromatic carbocycles. The molecule has 126 valence electrons. The second kappa shape index (κ2) is 7.01. The number of rotatable bonds is 4. The Morgan fingerprint density at radius 3 is 2.46 bits per heavy atom. The van der Waals surface area contributed by atoms with Crippen LogP contribution < -0.4 is 19.5 Å². The van der Waals surface area contributed by atoms with Crippen LogP contribution in [-0.4, -0.2) is 25.7 Å². The third kappa shape index (κ3) is 3.57. The number of benzene rings is 2. The zero-order valence-electron chi connectivity index (χ0n) is 13.5. The molecule has 0 fully saturated rings. The minimum Gasteiger partial charge on any atom is -0.486 e. The van der Waals surface area contributed by atoms with Crippen molar-refractivity contribution in [2.75, 3.05) is 25.1 Å². The highest BCUT2D eigenvalue weighted by molar-refractivity contribution is 6.34. The average Bonchev–Trinajstić information content (AvgIpc) is 2.55. The van der Waals surface area contributed by atoms with E-state index in [0.29, 0.717) is 35.4 Å². The largest absolute Gasteiger partial charge is 0.486 e. The average molecular weight is 348 g/mol. The van der Waals surface area contributed by atoms with E-state index in [1.165, 1.54) is 0 Å². The Labute approximate surface area is 145 Å². The molecule has 1 aliphatic heterocycles. The van der Waals surface area contributed by atoms with Crippen molar-refractivity contribution in [3.63, 3.8) is 0 Å². The number of fused-ring (bicyclic) bond motifs is 1. The molecule has 0 spiro atoms. The summed E-state index contributed by atoms with van der Waals surface area (Å²) in [6.07, 6.45) is 0. The Balaban J connectivity index is 1.67. The molecule has 0 radical (unpaired) electrons. The molecule has 0 atom stereocenters. The maximum absolute atomic E-state index is 12.2. The lowest BCUT2D eigenvalue weighted by molar-refractivity contribution is -0.118. The van der Waals surface area contributed by atoms with Gasteiger partial charge in [0.2, 0.25) is 0 Å². The summed E-state index contributed by atoms with van der Waals surface area (Å²) in [4.78, 5) is 12.2. The Morgan fingerprint density at radius 1 is 1.17 bits per heavy atom. The highest BCUT2D eigenvalue weighted by Crippen LogP contribution is 2.37. The molecule has 0 aliphatic carbocycles. The first-order valence-electron chi connectivity index (χ1n) is 7.62. The molecule has 1 heterocycles. The molecule has 3 rings (SSSR count). The van der Waals surface area contributed by atoms with Gasteiger partial charge < -0.3 is 19.5 Å². The first kappa shape index (κ1) is 16.5. The van der Waals surface area contributed by atoms with Gasteiger partial charge in [0.25, 0.3) is 5.91 Å². The number of hydrogen-bond acceptors (Lipinski definition) is 4. The second-order valence-corrected chi connectivity index (χ2v) is 5.94. The molecule has 0 aromatic heterocycles. The van der Waals surface area contributed by atoms with Gasteiger partial charge in [-0.2, -0.15) is 0 Å². The van der Waals surface area contributed by atoms with Crippen molar-refractivity contribution < 1.29 is 19.0 Å². The van der Waals surface area contributed by atoms with Crippen LogP contribution in [0.5, 0.6) is 17.2 Å². The van der Waals surface area contributed by atoms with E-state index in [1.54, 1.807) is 12.1 Å². The zero-order chi connectivity index (χ0) is 17.1. The Bertz CT molecular complexity index is 756. The SMILES string of the molecule is Cc1cccc(C)c1OCC(=O)Nc1cc2c(cc1Cl)OCCO2. The predicted octanol–water partition coefficient (Wildman–Crippen LogP) is 3.75. The van der Waals surface area contributed by atoms with E-state index in [0.717, 1.165) is 16.9 Å². The first-order chi connectivity index (χ1) is 11.5. The zero-order valence-corrected chi connectivity index (χ0v) is 14.3. The van der Waals surface area contributed by atoms with Gasteiger partial charge in [-0.25, -0.2) is 0 Å². The molecule has 5 nitrogen and oxygen atoms in total. The van der Waals surface area contributed by atoms with Gasteiger partial charge in [-0.15, -0.1) is 0 Å². The standard InChI is InChI=1S/C18H18ClNO4/c1-11-4-3-5-12(2)18(11)24-10-17(21)20-14-9-16-15(8-13(14)19)22-6-7-23-16/h3-5,8-9H,6-7,10H2,1-2H3,(H,20,21). The molecule has 6 heteroatoms. The smallest absolute Gasteiger partial charge is 0.262 e. The molecular weight excluding hydrogens is 330 g/mol. The molecule has 0 saturated carbocycles. The summed E-state index contributed by atoms with van der Waals surface area (Å²) >= 11 is 6.18. The van der Waals surface area contributed by atoms with Gasteiger partial charge >= 0.3 is 0 Å². The van der Waals surface area contributed by atoms with Gasteiger partial charge in [0.15, 0.2) is 18.1 Å². The normalized spacial score (nSPS) is 12.6. The summed E-state index contributed by atoms with van der Waals surface area (Å²) in [7, 11) is 0. The number of ether oxygens (including phenoxy) is 3.